The average Bonchev–Trinajstić information content (AvgIpc) is 2.88. The number of benzene rings is 3. The summed E-state index contributed by atoms with van der Waals surface area (Å²) in [5.41, 5.74) is 6.74. The standard InChI is InChI=1S/C16H16NS.C16H21N.CH4.ClHO4/c1-11-4-5-12-9-13-6-7-14(17(2)3)10-16(13)18-15(12)8-11;1-13-4-6-14(7-5-13)12-15-8-10-16(11-9-15)17(2)3;;2-1(3,4)5/h4-10H,1-3H3;4-8,10-11,15H,9,12H2,1-3H3;1H4;(H,2,3,4,5)/q+1;;;/p-1. The Bertz CT molecular complexity index is 1510. The van der Waals surface area contributed by atoms with Gasteiger partial charge in [-0.15, -0.1) is 21.6 Å². The van der Waals surface area contributed by atoms with E-state index in [2.05, 4.69) is 136 Å². The second-order valence-electron chi connectivity index (χ2n) is 10.4. The van der Waals surface area contributed by atoms with Gasteiger partial charge in [-0.2, -0.15) is 0 Å². The van der Waals surface area contributed by atoms with Crippen LogP contribution in [0.1, 0.15) is 30.5 Å². The van der Waals surface area contributed by atoms with E-state index in [1.807, 2.05) is 11.3 Å². The molecule has 2 aromatic carbocycles. The summed E-state index contributed by atoms with van der Waals surface area (Å²) in [6, 6.07) is 24.5. The van der Waals surface area contributed by atoms with Gasteiger partial charge in [0.05, 0.1) is 0 Å². The highest BCUT2D eigenvalue weighted by molar-refractivity contribution is 7.21. The number of allylic oxidation sites excluding steroid dienone is 3. The summed E-state index contributed by atoms with van der Waals surface area (Å²) in [4.78, 5) is 3.51. The molecule has 2 aliphatic carbocycles. The van der Waals surface area contributed by atoms with Crippen molar-refractivity contribution in [2.45, 2.75) is 34.1 Å². The number of rotatable bonds is 3. The molecule has 0 saturated carbocycles. The summed E-state index contributed by atoms with van der Waals surface area (Å²) >= 11 is 1.87. The molecule has 0 spiro atoms. The second-order valence-corrected chi connectivity index (χ2v) is 12.2. The molecule has 8 heteroatoms. The first-order valence-corrected chi connectivity index (χ1v) is 15.0. The molecule has 0 amide bonds. The molecule has 41 heavy (non-hydrogen) atoms. The first-order valence-electron chi connectivity index (χ1n) is 13.0. The zero-order valence-corrected chi connectivity index (χ0v) is 25.5. The van der Waals surface area contributed by atoms with E-state index in [0.717, 1.165) is 12.8 Å². The summed E-state index contributed by atoms with van der Waals surface area (Å²) in [5, 5.41) is 2.58. The van der Waals surface area contributed by atoms with E-state index in [9.17, 15) is 0 Å². The Labute approximate surface area is 250 Å². The summed E-state index contributed by atoms with van der Waals surface area (Å²) < 4.78 is 37.5. The number of nitrogens with zero attached hydrogens (tertiary/aromatic N) is 2. The van der Waals surface area contributed by atoms with Crippen molar-refractivity contribution in [3.63, 3.8) is 0 Å². The Kier molecular flexibility index (Phi) is 12.7. The van der Waals surface area contributed by atoms with Crippen LogP contribution in [0.5, 0.6) is 0 Å². The topological polar surface area (TPSA) is 98.5 Å². The molecule has 1 atom stereocenters. The monoisotopic (exact) mass is 596 g/mol. The van der Waals surface area contributed by atoms with Crippen LogP contribution in [-0.2, 0) is 6.42 Å². The number of likely N-dealkylation sites (N-methyl/N-ethyl adjacent to an activating group) is 1. The average molecular weight is 597 g/mol. The molecule has 3 aliphatic rings. The SMILES string of the molecule is C.Cc1ccc(CC2C=CC(N(C)C)=CC2)cc1.Cc1ccc2cc3ccc(=[N+](C)C)cc-3sc2c1.[O-][Cl+3]([O-])([O-])[O-]. The molecule has 0 fully saturated rings. The van der Waals surface area contributed by atoms with Crippen molar-refractivity contribution in [2.24, 2.45) is 5.92 Å². The molecule has 5 rings (SSSR count). The van der Waals surface area contributed by atoms with E-state index in [1.54, 1.807) is 0 Å². The zero-order chi connectivity index (χ0) is 29.4. The first-order chi connectivity index (χ1) is 18.8. The van der Waals surface area contributed by atoms with Gasteiger partial charge in [0.1, 0.15) is 14.1 Å². The van der Waals surface area contributed by atoms with Crippen molar-refractivity contribution in [1.82, 2.24) is 9.48 Å². The Morgan fingerprint density at radius 2 is 1.51 bits per heavy atom. The number of halogens is 1. The van der Waals surface area contributed by atoms with Crippen LogP contribution in [0.25, 0.3) is 20.5 Å². The normalized spacial score (nSPS) is 14.2. The van der Waals surface area contributed by atoms with Crippen molar-refractivity contribution in [3.05, 3.63) is 113 Å². The van der Waals surface area contributed by atoms with Crippen LogP contribution in [0.2, 0.25) is 0 Å². The van der Waals surface area contributed by atoms with Gasteiger partial charge in [-0.05, 0) is 79.0 Å². The van der Waals surface area contributed by atoms with Crippen LogP contribution in [0.4, 0.5) is 0 Å². The van der Waals surface area contributed by atoms with E-state index in [0.29, 0.717) is 5.92 Å². The van der Waals surface area contributed by atoms with Crippen molar-refractivity contribution in [1.29, 1.82) is 0 Å². The molecule has 0 N–H and O–H groups in total. The predicted octanol–water partition coefficient (Wildman–Crippen LogP) is 2.79. The van der Waals surface area contributed by atoms with Gasteiger partial charge in [0.15, 0.2) is 0 Å². The van der Waals surface area contributed by atoms with Gasteiger partial charge in [-0.25, -0.2) is 23.2 Å². The van der Waals surface area contributed by atoms with Gasteiger partial charge < -0.3 is 4.90 Å². The molecule has 1 unspecified atom stereocenters. The van der Waals surface area contributed by atoms with E-state index in [-0.39, 0.29) is 7.43 Å². The summed E-state index contributed by atoms with van der Waals surface area (Å²) in [5.74, 6) is 0.654. The molecule has 1 heterocycles. The highest BCUT2D eigenvalue weighted by Crippen LogP contribution is 2.32. The lowest BCUT2D eigenvalue weighted by Crippen LogP contribution is -2.68. The largest absolute Gasteiger partial charge is 0.378 e. The minimum Gasteiger partial charge on any atom is -0.378 e. The minimum absolute atomic E-state index is 0. The Balaban J connectivity index is 0.000000242. The molecule has 0 aromatic heterocycles. The lowest BCUT2D eigenvalue weighted by molar-refractivity contribution is -2.00. The van der Waals surface area contributed by atoms with Gasteiger partial charge in [-0.3, -0.25) is 0 Å². The van der Waals surface area contributed by atoms with E-state index >= 15 is 0 Å². The number of aryl methyl sites for hydroxylation is 2. The fourth-order valence-electron chi connectivity index (χ4n) is 4.31. The van der Waals surface area contributed by atoms with E-state index in [4.69, 9.17) is 18.6 Å². The minimum atomic E-state index is -4.94. The van der Waals surface area contributed by atoms with Crippen LogP contribution in [0.15, 0.2) is 90.7 Å². The lowest BCUT2D eigenvalue weighted by Gasteiger charge is -2.21. The smallest absolute Gasteiger partial charge is 0.200 e. The molecule has 0 radical (unpaired) electrons. The maximum Gasteiger partial charge on any atom is 0.200 e. The zero-order valence-electron chi connectivity index (χ0n) is 23.9. The fraction of sp³-hybridized carbons (Fsp3) is 0.303. The Morgan fingerprint density at radius 1 is 0.878 bits per heavy atom. The molecular weight excluding hydrogens is 556 g/mol. The Hall–Kier alpha value is -3.04. The second kappa shape index (κ2) is 15.3. The van der Waals surface area contributed by atoms with Crippen molar-refractivity contribution >= 4 is 21.4 Å². The highest BCUT2D eigenvalue weighted by atomic mass is 35.7. The van der Waals surface area contributed by atoms with Gasteiger partial charge >= 0.3 is 0 Å². The molecule has 2 aromatic rings. The molecule has 6 nitrogen and oxygen atoms in total. The Morgan fingerprint density at radius 3 is 2.07 bits per heavy atom. The van der Waals surface area contributed by atoms with Crippen LogP contribution in [-0.4, -0.2) is 33.1 Å². The highest BCUT2D eigenvalue weighted by Gasteiger charge is 2.10. The van der Waals surface area contributed by atoms with Crippen molar-refractivity contribution in [2.75, 3.05) is 28.2 Å². The fourth-order valence-corrected chi connectivity index (χ4v) is 5.46. The predicted molar refractivity (Wildman–Crippen MR) is 161 cm³/mol. The quantitative estimate of drug-likeness (QED) is 0.268. The number of hydrogen-bond donors (Lipinski definition) is 0. The van der Waals surface area contributed by atoms with E-state index < -0.39 is 10.2 Å². The van der Waals surface area contributed by atoms with E-state index in [1.165, 1.54) is 48.3 Å². The maximum atomic E-state index is 8.49. The molecular formula is C33H41ClN2O4S. The molecule has 0 saturated heterocycles. The summed E-state index contributed by atoms with van der Waals surface area (Å²) in [7, 11) is 3.40. The third kappa shape index (κ3) is 11.4. The maximum absolute atomic E-state index is 8.49. The van der Waals surface area contributed by atoms with Crippen LogP contribution in [0.3, 0.4) is 0 Å². The first kappa shape index (κ1) is 34.2. The lowest BCUT2D eigenvalue weighted by atomic mass is 9.92. The van der Waals surface area contributed by atoms with Crippen LogP contribution >= 0.6 is 11.3 Å². The molecule has 220 valence electrons. The third-order valence-corrected chi connectivity index (χ3v) is 7.66. The van der Waals surface area contributed by atoms with Gasteiger partial charge in [0.25, 0.3) is 0 Å². The van der Waals surface area contributed by atoms with Gasteiger partial charge in [0.2, 0.25) is 5.36 Å². The summed E-state index contributed by atoms with van der Waals surface area (Å²) in [6.07, 6.45) is 9.21. The van der Waals surface area contributed by atoms with Crippen LogP contribution in [0, 0.1) is 30.0 Å². The van der Waals surface area contributed by atoms with Gasteiger partial charge in [-0.1, -0.05) is 61.5 Å². The number of fused-ring (bicyclic) bond motifs is 2. The number of hydrogen-bond acceptors (Lipinski definition) is 6. The van der Waals surface area contributed by atoms with Crippen molar-refractivity contribution < 1.29 is 28.9 Å². The van der Waals surface area contributed by atoms with Crippen LogP contribution < -0.4 is 28.6 Å². The van der Waals surface area contributed by atoms with Crippen molar-refractivity contribution in [3.8, 4) is 10.4 Å². The third-order valence-electron chi connectivity index (χ3n) is 6.52. The van der Waals surface area contributed by atoms with Gasteiger partial charge in [0, 0.05) is 41.5 Å². The molecule has 1 aliphatic heterocycles. The summed E-state index contributed by atoms with van der Waals surface area (Å²) in [6.45, 7) is 4.28. The molecule has 0 bridgehead atoms.